The van der Waals surface area contributed by atoms with Gasteiger partial charge in [0.2, 0.25) is 0 Å². The van der Waals surface area contributed by atoms with Crippen LogP contribution in [0.25, 0.3) is 28.1 Å². The highest BCUT2D eigenvalue weighted by Gasteiger charge is 2.31. The zero-order chi connectivity index (χ0) is 19.9. The third-order valence-corrected chi connectivity index (χ3v) is 4.51. The van der Waals surface area contributed by atoms with Crippen LogP contribution in [0.2, 0.25) is 5.02 Å². The quantitative estimate of drug-likeness (QED) is 0.436. The van der Waals surface area contributed by atoms with Gasteiger partial charge in [-0.2, -0.15) is 18.3 Å². The van der Waals surface area contributed by atoms with Crippen molar-refractivity contribution < 1.29 is 18.3 Å². The Morgan fingerprint density at radius 1 is 1.25 bits per heavy atom. The molecule has 4 aromatic rings. The summed E-state index contributed by atoms with van der Waals surface area (Å²) in [4.78, 5) is 8.69. The summed E-state index contributed by atoms with van der Waals surface area (Å²) in [5, 5.41) is 19.0. The third-order valence-electron chi connectivity index (χ3n) is 4.23. The lowest BCUT2D eigenvalue weighted by atomic mass is 10.2. The highest BCUT2D eigenvalue weighted by Crippen LogP contribution is 2.34. The summed E-state index contributed by atoms with van der Waals surface area (Å²) >= 11 is 6.17. The van der Waals surface area contributed by atoms with Gasteiger partial charge in [0.1, 0.15) is 5.69 Å². The molecule has 0 atom stereocenters. The Morgan fingerprint density at radius 2 is 2.07 bits per heavy atom. The molecule has 0 aliphatic rings. The molecule has 1 aromatic carbocycles. The number of aliphatic hydroxyl groups is 1. The predicted octanol–water partition coefficient (Wildman–Crippen LogP) is 3.74. The summed E-state index contributed by atoms with van der Waals surface area (Å²) in [6.45, 7) is 0.356. The molecule has 3 aromatic heterocycles. The van der Waals surface area contributed by atoms with Crippen LogP contribution in [0.3, 0.4) is 0 Å². The van der Waals surface area contributed by atoms with Crippen molar-refractivity contribution in [1.82, 2.24) is 24.6 Å². The minimum absolute atomic E-state index is 0.0292. The van der Waals surface area contributed by atoms with Crippen molar-refractivity contribution in [2.24, 2.45) is 0 Å². The Morgan fingerprint density at radius 3 is 2.75 bits per heavy atom. The van der Waals surface area contributed by atoms with E-state index in [4.69, 9.17) is 16.7 Å². The average molecular weight is 411 g/mol. The number of aromatic nitrogens is 5. The number of benzene rings is 1. The molecule has 0 amide bonds. The van der Waals surface area contributed by atoms with Gasteiger partial charge in [-0.05, 0) is 24.6 Å². The number of nitrogens with one attached hydrogen (secondary N) is 2. The molecule has 0 unspecified atom stereocenters. The van der Waals surface area contributed by atoms with Crippen LogP contribution in [0.5, 0.6) is 0 Å². The molecule has 3 heterocycles. The van der Waals surface area contributed by atoms with E-state index in [0.717, 1.165) is 12.1 Å². The Bertz CT molecular complexity index is 1150. The number of aromatic amines is 1. The summed E-state index contributed by atoms with van der Waals surface area (Å²) < 4.78 is 41.1. The topological polar surface area (TPSA) is 91.1 Å². The first-order chi connectivity index (χ1) is 13.4. The lowest BCUT2D eigenvalue weighted by Crippen LogP contribution is -2.09. The van der Waals surface area contributed by atoms with Gasteiger partial charge in [-0.3, -0.25) is 9.50 Å². The second kappa shape index (κ2) is 6.95. The van der Waals surface area contributed by atoms with E-state index in [1.165, 1.54) is 12.3 Å². The molecule has 28 heavy (non-hydrogen) atoms. The number of nitrogens with zero attached hydrogens (tertiary/aromatic N) is 4. The Kier molecular flexibility index (Phi) is 4.60. The van der Waals surface area contributed by atoms with Gasteiger partial charge in [0.05, 0.1) is 39.7 Å². The summed E-state index contributed by atoms with van der Waals surface area (Å²) in [7, 11) is 0. The van der Waals surface area contributed by atoms with Gasteiger partial charge in [-0.25, -0.2) is 9.97 Å². The van der Waals surface area contributed by atoms with Crippen LogP contribution in [-0.2, 0) is 6.18 Å². The van der Waals surface area contributed by atoms with E-state index >= 15 is 0 Å². The maximum atomic E-state index is 13.2. The van der Waals surface area contributed by atoms with Crippen LogP contribution in [0, 0.1) is 0 Å². The number of H-pyrrole nitrogens is 1. The molecular weight excluding hydrogens is 397 g/mol. The Labute approximate surface area is 161 Å². The van der Waals surface area contributed by atoms with Gasteiger partial charge in [0.15, 0.2) is 11.5 Å². The number of anilines is 1. The molecule has 3 N–H and O–H groups in total. The Hall–Kier alpha value is -2.85. The van der Waals surface area contributed by atoms with Crippen LogP contribution in [0.15, 0.2) is 30.6 Å². The minimum Gasteiger partial charge on any atom is -0.396 e. The van der Waals surface area contributed by atoms with Crippen LogP contribution >= 0.6 is 11.6 Å². The fourth-order valence-electron chi connectivity index (χ4n) is 2.94. The normalized spacial score (nSPS) is 12.2. The number of imidazole rings is 1. The molecule has 0 spiro atoms. The molecule has 7 nitrogen and oxygen atoms in total. The SMILES string of the molecule is OCCCNc1nc2cc(C(F)(F)F)ccc2n2c(-c3[nH]ncc3Cl)cnc12. The number of alkyl halides is 3. The summed E-state index contributed by atoms with van der Waals surface area (Å²) in [5.41, 5.74) is 1.23. The van der Waals surface area contributed by atoms with E-state index in [2.05, 4.69) is 25.5 Å². The largest absolute Gasteiger partial charge is 0.416 e. The van der Waals surface area contributed by atoms with Crippen molar-refractivity contribution in [2.45, 2.75) is 12.6 Å². The van der Waals surface area contributed by atoms with Gasteiger partial charge in [0.25, 0.3) is 0 Å². The predicted molar refractivity (Wildman–Crippen MR) is 98.3 cm³/mol. The number of aliphatic hydroxyl groups excluding tert-OH is 1. The molecule has 0 aliphatic carbocycles. The lowest BCUT2D eigenvalue weighted by molar-refractivity contribution is -0.137. The van der Waals surface area contributed by atoms with Crippen molar-refractivity contribution in [3.8, 4) is 11.4 Å². The number of halogens is 4. The van der Waals surface area contributed by atoms with Gasteiger partial charge in [-0.15, -0.1) is 0 Å². The first kappa shape index (κ1) is 18.5. The van der Waals surface area contributed by atoms with E-state index in [-0.39, 0.29) is 12.1 Å². The van der Waals surface area contributed by atoms with Gasteiger partial charge in [0, 0.05) is 13.2 Å². The maximum absolute atomic E-state index is 13.2. The number of hydrogen-bond donors (Lipinski definition) is 3. The molecule has 146 valence electrons. The number of hydrogen-bond acceptors (Lipinski definition) is 5. The van der Waals surface area contributed by atoms with Crippen molar-refractivity contribution in [2.75, 3.05) is 18.5 Å². The van der Waals surface area contributed by atoms with Crippen molar-refractivity contribution >= 4 is 34.1 Å². The van der Waals surface area contributed by atoms with Gasteiger partial charge < -0.3 is 10.4 Å². The zero-order valence-electron chi connectivity index (χ0n) is 14.3. The smallest absolute Gasteiger partial charge is 0.396 e. The number of fused-ring (bicyclic) bond motifs is 3. The van der Waals surface area contributed by atoms with Crippen molar-refractivity contribution in [3.63, 3.8) is 0 Å². The van der Waals surface area contributed by atoms with Gasteiger partial charge in [-0.1, -0.05) is 11.6 Å². The van der Waals surface area contributed by atoms with E-state index in [1.807, 2.05) is 0 Å². The third kappa shape index (κ3) is 3.14. The lowest BCUT2D eigenvalue weighted by Gasteiger charge is -2.13. The highest BCUT2D eigenvalue weighted by atomic mass is 35.5. The summed E-state index contributed by atoms with van der Waals surface area (Å²) in [5.74, 6) is 0.308. The molecule has 4 rings (SSSR count). The molecule has 11 heteroatoms. The fourth-order valence-corrected chi connectivity index (χ4v) is 3.13. The fraction of sp³-hybridized carbons (Fsp3) is 0.235. The van der Waals surface area contributed by atoms with Crippen molar-refractivity contribution in [3.05, 3.63) is 41.2 Å². The molecule has 0 radical (unpaired) electrons. The minimum atomic E-state index is -4.49. The Balaban J connectivity index is 1.99. The first-order valence-electron chi connectivity index (χ1n) is 8.32. The standard InChI is InChI=1S/C17H14ClF3N6O/c18-10-7-24-26-14(10)13-8-23-16-15(22-4-1-5-28)25-11-6-9(17(19,20)21)2-3-12(11)27(13)16/h2-3,6-8,28H,1,4-5H2,(H,22,25)(H,24,26). The second-order valence-corrected chi connectivity index (χ2v) is 6.47. The zero-order valence-corrected chi connectivity index (χ0v) is 15.0. The molecule has 0 bridgehead atoms. The van der Waals surface area contributed by atoms with Crippen LogP contribution in [-0.4, -0.2) is 42.8 Å². The molecule has 0 aliphatic heterocycles. The second-order valence-electron chi connectivity index (χ2n) is 6.06. The van der Waals surface area contributed by atoms with Crippen LogP contribution < -0.4 is 5.32 Å². The van der Waals surface area contributed by atoms with Crippen LogP contribution in [0.4, 0.5) is 19.0 Å². The van der Waals surface area contributed by atoms with E-state index in [9.17, 15) is 13.2 Å². The monoisotopic (exact) mass is 410 g/mol. The van der Waals surface area contributed by atoms with Gasteiger partial charge >= 0.3 is 6.18 Å². The first-order valence-corrected chi connectivity index (χ1v) is 8.70. The van der Waals surface area contributed by atoms with Crippen LogP contribution in [0.1, 0.15) is 12.0 Å². The molecule has 0 saturated carbocycles. The summed E-state index contributed by atoms with van der Waals surface area (Å²) in [6, 6.07) is 3.34. The van der Waals surface area contributed by atoms with E-state index < -0.39 is 11.7 Å². The molecule has 0 saturated heterocycles. The average Bonchev–Trinajstić information content (AvgIpc) is 3.27. The molecule has 0 fully saturated rings. The van der Waals surface area contributed by atoms with E-state index in [1.54, 1.807) is 10.6 Å². The molecular formula is C17H14ClF3N6O. The maximum Gasteiger partial charge on any atom is 0.416 e. The van der Waals surface area contributed by atoms with Crippen molar-refractivity contribution in [1.29, 1.82) is 0 Å². The highest BCUT2D eigenvalue weighted by molar-refractivity contribution is 6.32. The van der Waals surface area contributed by atoms with E-state index in [0.29, 0.717) is 46.4 Å². The number of rotatable bonds is 5. The summed E-state index contributed by atoms with van der Waals surface area (Å²) in [6.07, 6.45) is -1.05.